The Morgan fingerprint density at radius 3 is 2.44 bits per heavy atom. The van der Waals surface area contributed by atoms with Crippen molar-refractivity contribution in [3.63, 3.8) is 0 Å². The van der Waals surface area contributed by atoms with Crippen molar-refractivity contribution in [2.45, 2.75) is 25.7 Å². The van der Waals surface area contributed by atoms with Crippen LogP contribution in [0.3, 0.4) is 0 Å². The molecule has 1 aromatic carbocycles. The second-order valence-corrected chi connectivity index (χ2v) is 7.92. The Kier molecular flexibility index (Phi) is 6.72. The first-order valence-electron chi connectivity index (χ1n) is 10.1. The van der Waals surface area contributed by atoms with Gasteiger partial charge in [-0.2, -0.15) is 0 Å². The SMILES string of the molecule is CN(C)c1ccc(CCNC(=O)[C@@H]2CNC[C@@H](C(=O)N3CCCC3)C2)cc1. The Labute approximate surface area is 162 Å². The van der Waals surface area contributed by atoms with Crippen LogP contribution in [-0.2, 0) is 16.0 Å². The van der Waals surface area contributed by atoms with Crippen molar-refractivity contribution >= 4 is 17.5 Å². The van der Waals surface area contributed by atoms with Gasteiger partial charge in [0.05, 0.1) is 11.8 Å². The number of anilines is 1. The molecule has 27 heavy (non-hydrogen) atoms. The fourth-order valence-electron chi connectivity index (χ4n) is 3.96. The zero-order chi connectivity index (χ0) is 19.2. The normalized spacial score (nSPS) is 22.5. The lowest BCUT2D eigenvalue weighted by Crippen LogP contribution is -2.49. The zero-order valence-corrected chi connectivity index (χ0v) is 16.5. The maximum absolute atomic E-state index is 12.6. The van der Waals surface area contributed by atoms with Gasteiger partial charge in [0.1, 0.15) is 0 Å². The minimum atomic E-state index is -0.119. The van der Waals surface area contributed by atoms with Crippen molar-refractivity contribution in [2.75, 3.05) is 51.7 Å². The van der Waals surface area contributed by atoms with Crippen LogP contribution in [0.1, 0.15) is 24.8 Å². The molecule has 2 N–H and O–H groups in total. The number of nitrogens with zero attached hydrogens (tertiary/aromatic N) is 2. The Morgan fingerprint density at radius 1 is 1.11 bits per heavy atom. The van der Waals surface area contributed by atoms with Gasteiger partial charge in [-0.25, -0.2) is 0 Å². The number of likely N-dealkylation sites (tertiary alicyclic amines) is 1. The molecule has 3 rings (SSSR count). The zero-order valence-electron chi connectivity index (χ0n) is 16.5. The van der Waals surface area contributed by atoms with E-state index in [1.165, 1.54) is 11.3 Å². The second kappa shape index (κ2) is 9.22. The van der Waals surface area contributed by atoms with E-state index in [9.17, 15) is 9.59 Å². The molecular weight excluding hydrogens is 340 g/mol. The van der Waals surface area contributed by atoms with Gasteiger partial charge in [0.25, 0.3) is 0 Å². The molecule has 6 nitrogen and oxygen atoms in total. The van der Waals surface area contributed by atoms with Crippen LogP contribution in [0.5, 0.6) is 0 Å². The molecule has 0 saturated carbocycles. The number of hydrogen-bond acceptors (Lipinski definition) is 4. The number of carbonyl (C=O) groups excluding carboxylic acids is 2. The van der Waals surface area contributed by atoms with E-state index < -0.39 is 0 Å². The van der Waals surface area contributed by atoms with Crippen LogP contribution in [-0.4, -0.2) is 63.5 Å². The van der Waals surface area contributed by atoms with Crippen molar-refractivity contribution in [3.8, 4) is 0 Å². The third kappa shape index (κ3) is 5.22. The summed E-state index contributed by atoms with van der Waals surface area (Å²) in [4.78, 5) is 29.2. The maximum Gasteiger partial charge on any atom is 0.226 e. The van der Waals surface area contributed by atoms with E-state index >= 15 is 0 Å². The van der Waals surface area contributed by atoms with Gasteiger partial charge in [-0.05, 0) is 43.4 Å². The van der Waals surface area contributed by atoms with Gasteiger partial charge >= 0.3 is 0 Å². The van der Waals surface area contributed by atoms with E-state index in [0.717, 1.165) is 32.4 Å². The molecule has 0 unspecified atom stereocenters. The highest BCUT2D eigenvalue weighted by Crippen LogP contribution is 2.21. The lowest BCUT2D eigenvalue weighted by atomic mass is 9.89. The molecule has 2 aliphatic heterocycles. The monoisotopic (exact) mass is 372 g/mol. The van der Waals surface area contributed by atoms with Crippen LogP contribution < -0.4 is 15.5 Å². The van der Waals surface area contributed by atoms with Crippen molar-refractivity contribution in [3.05, 3.63) is 29.8 Å². The lowest BCUT2D eigenvalue weighted by molar-refractivity contribution is -0.136. The molecular formula is C21H32N4O2. The molecule has 6 heteroatoms. The number of benzene rings is 1. The summed E-state index contributed by atoms with van der Waals surface area (Å²) in [7, 11) is 4.05. The van der Waals surface area contributed by atoms with E-state index in [2.05, 4.69) is 39.8 Å². The minimum Gasteiger partial charge on any atom is -0.378 e. The summed E-state index contributed by atoms with van der Waals surface area (Å²) in [6, 6.07) is 8.40. The third-order valence-corrected chi connectivity index (χ3v) is 5.65. The number of nitrogens with one attached hydrogen (secondary N) is 2. The van der Waals surface area contributed by atoms with Crippen LogP contribution in [0.2, 0.25) is 0 Å². The smallest absolute Gasteiger partial charge is 0.226 e. The van der Waals surface area contributed by atoms with E-state index in [0.29, 0.717) is 26.1 Å². The van der Waals surface area contributed by atoms with Crippen molar-refractivity contribution < 1.29 is 9.59 Å². The van der Waals surface area contributed by atoms with Gasteiger partial charge in [0.15, 0.2) is 0 Å². The van der Waals surface area contributed by atoms with E-state index in [4.69, 9.17) is 0 Å². The second-order valence-electron chi connectivity index (χ2n) is 7.92. The highest BCUT2D eigenvalue weighted by molar-refractivity contribution is 5.83. The Bertz CT molecular complexity index is 638. The predicted octanol–water partition coefficient (Wildman–Crippen LogP) is 1.26. The summed E-state index contributed by atoms with van der Waals surface area (Å²) in [5.41, 5.74) is 2.38. The fraction of sp³-hybridized carbons (Fsp3) is 0.619. The Morgan fingerprint density at radius 2 is 1.78 bits per heavy atom. The fourth-order valence-corrected chi connectivity index (χ4v) is 3.96. The summed E-state index contributed by atoms with van der Waals surface area (Å²) in [5.74, 6) is 0.0995. The topological polar surface area (TPSA) is 64.7 Å². The largest absolute Gasteiger partial charge is 0.378 e. The molecule has 2 atom stereocenters. The Hall–Kier alpha value is -2.08. The summed E-state index contributed by atoms with van der Waals surface area (Å²) < 4.78 is 0. The molecule has 148 valence electrons. The summed E-state index contributed by atoms with van der Waals surface area (Å²) in [6.45, 7) is 3.73. The molecule has 2 fully saturated rings. The van der Waals surface area contributed by atoms with Gasteiger partial charge in [-0.3, -0.25) is 9.59 Å². The highest BCUT2D eigenvalue weighted by atomic mass is 16.2. The molecule has 0 bridgehead atoms. The Balaban J connectivity index is 1.44. The first kappa shape index (κ1) is 19.7. The van der Waals surface area contributed by atoms with Crippen LogP contribution in [0.15, 0.2) is 24.3 Å². The van der Waals surface area contributed by atoms with Crippen LogP contribution >= 0.6 is 0 Å². The van der Waals surface area contributed by atoms with Crippen LogP contribution in [0.4, 0.5) is 5.69 Å². The number of piperidine rings is 1. The molecule has 2 aliphatic rings. The van der Waals surface area contributed by atoms with Gasteiger partial charge in [-0.1, -0.05) is 12.1 Å². The maximum atomic E-state index is 12.6. The molecule has 1 aromatic rings. The first-order valence-corrected chi connectivity index (χ1v) is 10.1. The quantitative estimate of drug-likeness (QED) is 0.789. The lowest BCUT2D eigenvalue weighted by Gasteiger charge is -2.31. The summed E-state index contributed by atoms with van der Waals surface area (Å²) in [6.07, 6.45) is 3.68. The van der Waals surface area contributed by atoms with E-state index in [1.807, 2.05) is 19.0 Å². The molecule has 0 aromatic heterocycles. The minimum absolute atomic E-state index is 0.0614. The molecule has 2 heterocycles. The number of rotatable bonds is 6. The van der Waals surface area contributed by atoms with Crippen molar-refractivity contribution in [1.29, 1.82) is 0 Å². The molecule has 0 radical (unpaired) electrons. The molecule has 2 amide bonds. The summed E-state index contributed by atoms with van der Waals surface area (Å²) in [5, 5.41) is 6.34. The number of amides is 2. The van der Waals surface area contributed by atoms with Gasteiger partial charge in [0.2, 0.25) is 11.8 Å². The number of hydrogen-bond donors (Lipinski definition) is 2. The van der Waals surface area contributed by atoms with Gasteiger partial charge in [0, 0.05) is 52.5 Å². The average molecular weight is 373 g/mol. The van der Waals surface area contributed by atoms with Crippen LogP contribution in [0.25, 0.3) is 0 Å². The highest BCUT2D eigenvalue weighted by Gasteiger charge is 2.33. The van der Waals surface area contributed by atoms with Crippen molar-refractivity contribution in [1.82, 2.24) is 15.5 Å². The van der Waals surface area contributed by atoms with E-state index in [-0.39, 0.29) is 23.7 Å². The molecule has 2 saturated heterocycles. The number of carbonyl (C=O) groups is 2. The van der Waals surface area contributed by atoms with Crippen LogP contribution in [0, 0.1) is 11.8 Å². The standard InChI is InChI=1S/C21H32N4O2/c1-24(2)19-7-5-16(6-8-19)9-10-23-20(26)17-13-18(15-22-14-17)21(27)25-11-3-4-12-25/h5-8,17-18,22H,3-4,9-15H2,1-2H3,(H,23,26)/t17-,18-/m0/s1. The van der Waals surface area contributed by atoms with Gasteiger partial charge < -0.3 is 20.4 Å². The van der Waals surface area contributed by atoms with Gasteiger partial charge in [-0.15, -0.1) is 0 Å². The first-order chi connectivity index (χ1) is 13.0. The van der Waals surface area contributed by atoms with Crippen molar-refractivity contribution in [2.24, 2.45) is 11.8 Å². The molecule has 0 spiro atoms. The van der Waals surface area contributed by atoms with E-state index in [1.54, 1.807) is 0 Å². The molecule has 0 aliphatic carbocycles. The predicted molar refractivity (Wildman–Crippen MR) is 108 cm³/mol. The summed E-state index contributed by atoms with van der Waals surface area (Å²) >= 11 is 0. The third-order valence-electron chi connectivity index (χ3n) is 5.65. The average Bonchev–Trinajstić information content (AvgIpc) is 3.22.